The van der Waals surface area contributed by atoms with Gasteiger partial charge in [0.2, 0.25) is 10.0 Å². The molecule has 1 saturated heterocycles. The van der Waals surface area contributed by atoms with E-state index in [0.717, 1.165) is 11.3 Å². The lowest BCUT2D eigenvalue weighted by atomic mass is 10.2. The van der Waals surface area contributed by atoms with Gasteiger partial charge in [0.25, 0.3) is 5.91 Å². The van der Waals surface area contributed by atoms with Crippen LogP contribution in [-0.4, -0.2) is 70.2 Å². The molecule has 1 aromatic heterocycles. The summed E-state index contributed by atoms with van der Waals surface area (Å²) in [7, 11) is 1.80. The zero-order valence-corrected chi connectivity index (χ0v) is 22.4. The second-order valence-electron chi connectivity index (χ2n) is 8.09. The van der Waals surface area contributed by atoms with Gasteiger partial charge in [-0.1, -0.05) is 11.3 Å². The summed E-state index contributed by atoms with van der Waals surface area (Å²) in [6, 6.07) is 8.42. The highest BCUT2D eigenvalue weighted by Gasteiger charge is 2.39. The minimum Gasteiger partial charge on any atom is -0.497 e. The number of hydrogen-bond donors (Lipinski definition) is 0. The first-order valence-corrected chi connectivity index (χ1v) is 13.6. The quantitative estimate of drug-likeness (QED) is 0.392. The number of thiazole rings is 1. The highest BCUT2D eigenvalue weighted by atomic mass is 32.2. The van der Waals surface area contributed by atoms with Crippen LogP contribution in [0.4, 0.5) is 0 Å². The number of aromatic nitrogens is 1. The molecule has 1 atom stereocenters. The monoisotopic (exact) mass is 549 g/mol. The number of methoxy groups -OCH3 is 4. The van der Waals surface area contributed by atoms with Crippen LogP contribution in [0.25, 0.3) is 10.2 Å². The normalized spacial score (nSPS) is 16.6. The molecular formula is C24H27N3O8S2. The molecule has 37 heavy (non-hydrogen) atoms. The predicted octanol–water partition coefficient (Wildman–Crippen LogP) is 2.18. The minimum absolute atomic E-state index is 0.0603. The van der Waals surface area contributed by atoms with Crippen LogP contribution in [-0.2, 0) is 30.9 Å². The smallest absolute Gasteiger partial charge is 0.325 e. The molecule has 0 saturated carbocycles. The zero-order chi connectivity index (χ0) is 26.7. The van der Waals surface area contributed by atoms with Crippen molar-refractivity contribution < 1.29 is 37.0 Å². The van der Waals surface area contributed by atoms with Gasteiger partial charge in [0.05, 0.1) is 33.3 Å². The summed E-state index contributed by atoms with van der Waals surface area (Å²) in [5, 5.41) is 0. The van der Waals surface area contributed by atoms with Crippen molar-refractivity contribution in [3.8, 4) is 17.2 Å². The molecule has 2 aromatic carbocycles. The average Bonchev–Trinajstić information content (AvgIpc) is 3.54. The lowest BCUT2D eigenvalue weighted by Crippen LogP contribution is -2.40. The van der Waals surface area contributed by atoms with Crippen molar-refractivity contribution in [2.45, 2.75) is 30.3 Å². The maximum absolute atomic E-state index is 13.4. The lowest BCUT2D eigenvalue weighted by molar-refractivity contribution is -0.141. The van der Waals surface area contributed by atoms with E-state index in [9.17, 15) is 18.0 Å². The van der Waals surface area contributed by atoms with E-state index in [2.05, 4.69) is 4.99 Å². The number of hydrogen-bond acceptors (Lipinski definition) is 9. The molecule has 1 aliphatic rings. The molecule has 0 aliphatic carbocycles. The Morgan fingerprint density at radius 2 is 1.68 bits per heavy atom. The van der Waals surface area contributed by atoms with Gasteiger partial charge in [-0.15, -0.1) is 0 Å². The summed E-state index contributed by atoms with van der Waals surface area (Å²) < 4.78 is 50.9. The van der Waals surface area contributed by atoms with Gasteiger partial charge in [-0.3, -0.25) is 9.59 Å². The molecule has 11 nitrogen and oxygen atoms in total. The maximum atomic E-state index is 13.4. The largest absolute Gasteiger partial charge is 0.497 e. The van der Waals surface area contributed by atoms with Gasteiger partial charge < -0.3 is 23.5 Å². The summed E-state index contributed by atoms with van der Waals surface area (Å²) in [5.74, 6) is 0.307. The van der Waals surface area contributed by atoms with Gasteiger partial charge in [0, 0.05) is 6.54 Å². The van der Waals surface area contributed by atoms with Crippen molar-refractivity contribution >= 4 is 43.5 Å². The third kappa shape index (κ3) is 5.06. The third-order valence-corrected chi connectivity index (χ3v) is 9.08. The van der Waals surface area contributed by atoms with E-state index in [1.807, 2.05) is 0 Å². The molecular weight excluding hydrogens is 522 g/mol. The number of nitrogens with zero attached hydrogens (tertiary/aromatic N) is 3. The standard InChI is InChI=1S/C24H27N3O8S2/c1-32-15-7-9-16(10-8-15)37(30,31)27-13-5-6-17(27)23(29)25-24-26(14-20(28)35-4)21-18(33-2)11-12-19(34-3)22(21)36-24/h7-12,17H,5-6,13-14H2,1-4H3. The van der Waals surface area contributed by atoms with E-state index < -0.39 is 27.9 Å². The van der Waals surface area contributed by atoms with Gasteiger partial charge in [-0.25, -0.2) is 8.42 Å². The van der Waals surface area contributed by atoms with Crippen molar-refractivity contribution in [2.24, 2.45) is 4.99 Å². The van der Waals surface area contributed by atoms with Crippen LogP contribution in [0.15, 0.2) is 46.3 Å². The van der Waals surface area contributed by atoms with Crippen LogP contribution < -0.4 is 19.0 Å². The summed E-state index contributed by atoms with van der Waals surface area (Å²) >= 11 is 1.13. The SMILES string of the molecule is COC(=O)Cn1c(=NC(=O)C2CCCN2S(=O)(=O)c2ccc(OC)cc2)sc2c(OC)ccc(OC)c21. The van der Waals surface area contributed by atoms with E-state index >= 15 is 0 Å². The van der Waals surface area contributed by atoms with Crippen LogP contribution in [0.3, 0.4) is 0 Å². The summed E-state index contributed by atoms with van der Waals surface area (Å²) in [4.78, 5) is 30.2. The van der Waals surface area contributed by atoms with E-state index in [4.69, 9.17) is 18.9 Å². The number of esters is 1. The van der Waals surface area contributed by atoms with Crippen molar-refractivity contribution in [2.75, 3.05) is 35.0 Å². The van der Waals surface area contributed by atoms with Crippen molar-refractivity contribution in [1.82, 2.24) is 8.87 Å². The Balaban J connectivity index is 1.79. The molecule has 4 rings (SSSR count). The summed E-state index contributed by atoms with van der Waals surface area (Å²) in [6.07, 6.45) is 0.837. The molecule has 0 N–H and O–H groups in total. The van der Waals surface area contributed by atoms with Crippen molar-refractivity contribution in [1.29, 1.82) is 0 Å². The first-order valence-electron chi connectivity index (χ1n) is 11.3. The third-order valence-electron chi connectivity index (χ3n) is 6.07. The van der Waals surface area contributed by atoms with Crippen LogP contribution in [0.5, 0.6) is 17.2 Å². The van der Waals surface area contributed by atoms with Crippen LogP contribution in [0, 0.1) is 0 Å². The molecule has 13 heteroatoms. The molecule has 0 spiro atoms. The Bertz CT molecular complexity index is 1490. The highest BCUT2D eigenvalue weighted by molar-refractivity contribution is 7.89. The number of amides is 1. The fourth-order valence-electron chi connectivity index (χ4n) is 4.21. The molecule has 2 heterocycles. The van der Waals surface area contributed by atoms with Gasteiger partial charge in [-0.2, -0.15) is 9.30 Å². The summed E-state index contributed by atoms with van der Waals surface area (Å²) in [5.41, 5.74) is 0.512. The van der Waals surface area contributed by atoms with Gasteiger partial charge >= 0.3 is 5.97 Å². The van der Waals surface area contributed by atoms with E-state index in [1.165, 1.54) is 49.4 Å². The molecule has 3 aromatic rings. The second-order valence-corrected chi connectivity index (χ2v) is 11.0. The minimum atomic E-state index is -3.95. The Morgan fingerprint density at radius 3 is 2.30 bits per heavy atom. The average molecular weight is 550 g/mol. The Kier molecular flexibility index (Phi) is 7.85. The van der Waals surface area contributed by atoms with Gasteiger partial charge in [0.15, 0.2) is 4.80 Å². The molecule has 1 fully saturated rings. The van der Waals surface area contributed by atoms with E-state index in [1.54, 1.807) is 24.3 Å². The fourth-order valence-corrected chi connectivity index (χ4v) is 7.00. The predicted molar refractivity (Wildman–Crippen MR) is 135 cm³/mol. The first-order chi connectivity index (χ1) is 17.7. The number of carbonyl (C=O) groups excluding carboxylic acids is 2. The Hall–Kier alpha value is -3.42. The highest BCUT2D eigenvalue weighted by Crippen LogP contribution is 2.35. The molecule has 1 amide bonds. The van der Waals surface area contributed by atoms with Gasteiger partial charge in [-0.05, 0) is 49.2 Å². The number of sulfonamides is 1. The molecule has 0 bridgehead atoms. The molecule has 1 unspecified atom stereocenters. The van der Waals surface area contributed by atoms with Gasteiger partial charge in [0.1, 0.15) is 40.1 Å². The Morgan fingerprint density at radius 1 is 1.00 bits per heavy atom. The summed E-state index contributed by atoms with van der Waals surface area (Å²) in [6.45, 7) is -0.0405. The fraction of sp³-hybridized carbons (Fsp3) is 0.375. The number of rotatable bonds is 8. The molecule has 0 radical (unpaired) electrons. The number of ether oxygens (including phenoxy) is 4. The molecule has 198 valence electrons. The topological polar surface area (TPSA) is 126 Å². The number of benzene rings is 2. The van der Waals surface area contributed by atoms with Crippen LogP contribution in [0.2, 0.25) is 0 Å². The van der Waals surface area contributed by atoms with E-state index in [-0.39, 0.29) is 22.8 Å². The van der Waals surface area contributed by atoms with Crippen molar-refractivity contribution in [3.63, 3.8) is 0 Å². The van der Waals surface area contributed by atoms with Crippen LogP contribution >= 0.6 is 11.3 Å². The van der Waals surface area contributed by atoms with Crippen LogP contribution in [0.1, 0.15) is 12.8 Å². The first kappa shape index (κ1) is 26.6. The second kappa shape index (κ2) is 10.9. The number of carbonyl (C=O) groups is 2. The molecule has 1 aliphatic heterocycles. The Labute approximate surface area is 217 Å². The lowest BCUT2D eigenvalue weighted by Gasteiger charge is -2.21. The zero-order valence-electron chi connectivity index (χ0n) is 20.8. The maximum Gasteiger partial charge on any atom is 0.325 e. The number of fused-ring (bicyclic) bond motifs is 1. The van der Waals surface area contributed by atoms with E-state index in [0.29, 0.717) is 40.3 Å². The van der Waals surface area contributed by atoms with Crippen molar-refractivity contribution in [3.05, 3.63) is 41.2 Å².